The van der Waals surface area contributed by atoms with Crippen molar-refractivity contribution in [3.8, 4) is 0 Å². The van der Waals surface area contributed by atoms with E-state index in [0.717, 1.165) is 45.2 Å². The minimum absolute atomic E-state index is 0.269. The first-order valence-corrected chi connectivity index (χ1v) is 6.34. The standard InChI is InChI=1S/C12H22N4O/c1-3-4-13-12-14-5-6-16(12)10-11-9-15(2)7-8-17-11/h5-6,11H,3-4,7-10H2,1-2H3,(H,13,14). The van der Waals surface area contributed by atoms with E-state index in [9.17, 15) is 0 Å². The molecule has 96 valence electrons. The molecule has 1 aliphatic heterocycles. The number of morpholine rings is 1. The zero-order chi connectivity index (χ0) is 12.1. The molecule has 0 aromatic carbocycles. The highest BCUT2D eigenvalue weighted by Crippen LogP contribution is 2.10. The number of ether oxygens (including phenoxy) is 1. The van der Waals surface area contributed by atoms with E-state index in [2.05, 4.69) is 33.7 Å². The summed E-state index contributed by atoms with van der Waals surface area (Å²) in [5.41, 5.74) is 0. The molecule has 1 fully saturated rings. The van der Waals surface area contributed by atoms with Crippen molar-refractivity contribution in [2.45, 2.75) is 26.0 Å². The van der Waals surface area contributed by atoms with Crippen molar-refractivity contribution in [2.24, 2.45) is 0 Å². The molecule has 0 radical (unpaired) electrons. The molecule has 0 saturated carbocycles. The quantitative estimate of drug-likeness (QED) is 0.832. The smallest absolute Gasteiger partial charge is 0.202 e. The third kappa shape index (κ3) is 3.44. The van der Waals surface area contributed by atoms with Crippen molar-refractivity contribution in [1.82, 2.24) is 14.5 Å². The highest BCUT2D eigenvalue weighted by molar-refractivity contribution is 5.25. The maximum Gasteiger partial charge on any atom is 0.202 e. The summed E-state index contributed by atoms with van der Waals surface area (Å²) in [6.45, 7) is 6.83. The number of aromatic nitrogens is 2. The molecule has 1 aliphatic rings. The Morgan fingerprint density at radius 2 is 2.47 bits per heavy atom. The summed E-state index contributed by atoms with van der Waals surface area (Å²) in [5.74, 6) is 0.948. The molecule has 0 spiro atoms. The van der Waals surface area contributed by atoms with Crippen molar-refractivity contribution in [2.75, 3.05) is 38.6 Å². The van der Waals surface area contributed by atoms with Crippen LogP contribution >= 0.6 is 0 Å². The normalized spacial score (nSPS) is 21.6. The van der Waals surface area contributed by atoms with Crippen molar-refractivity contribution < 1.29 is 4.74 Å². The van der Waals surface area contributed by atoms with Crippen LogP contribution in [0.15, 0.2) is 12.4 Å². The second-order valence-corrected chi connectivity index (χ2v) is 4.59. The van der Waals surface area contributed by atoms with E-state index in [1.54, 1.807) is 0 Å². The Bertz CT molecular complexity index is 339. The molecule has 2 heterocycles. The number of hydrogen-bond acceptors (Lipinski definition) is 4. The lowest BCUT2D eigenvalue weighted by molar-refractivity contribution is -0.0272. The van der Waals surface area contributed by atoms with Gasteiger partial charge in [-0.05, 0) is 13.5 Å². The van der Waals surface area contributed by atoms with Crippen LogP contribution in [0.5, 0.6) is 0 Å². The molecule has 17 heavy (non-hydrogen) atoms. The van der Waals surface area contributed by atoms with Crippen LogP contribution in [0.3, 0.4) is 0 Å². The molecule has 5 heteroatoms. The Balaban J connectivity index is 1.91. The van der Waals surface area contributed by atoms with E-state index >= 15 is 0 Å². The fourth-order valence-corrected chi connectivity index (χ4v) is 2.06. The number of hydrogen-bond donors (Lipinski definition) is 1. The molecule has 1 atom stereocenters. The summed E-state index contributed by atoms with van der Waals surface area (Å²) < 4.78 is 7.90. The maximum atomic E-state index is 5.76. The minimum Gasteiger partial charge on any atom is -0.374 e. The minimum atomic E-state index is 0.269. The third-order valence-corrected chi connectivity index (χ3v) is 2.99. The molecule has 0 bridgehead atoms. The average molecular weight is 238 g/mol. The molecule has 0 amide bonds. The molecule has 1 aromatic rings. The summed E-state index contributed by atoms with van der Waals surface area (Å²) in [6, 6.07) is 0. The maximum absolute atomic E-state index is 5.76. The van der Waals surface area contributed by atoms with Gasteiger partial charge >= 0.3 is 0 Å². The van der Waals surface area contributed by atoms with Crippen LogP contribution < -0.4 is 5.32 Å². The Morgan fingerprint density at radius 3 is 3.24 bits per heavy atom. The lowest BCUT2D eigenvalue weighted by Gasteiger charge is -2.30. The van der Waals surface area contributed by atoms with Gasteiger partial charge in [0, 0.05) is 32.0 Å². The zero-order valence-electron chi connectivity index (χ0n) is 10.7. The number of anilines is 1. The van der Waals surface area contributed by atoms with Crippen molar-refractivity contribution >= 4 is 5.95 Å². The molecular weight excluding hydrogens is 216 g/mol. The van der Waals surface area contributed by atoms with Crippen LogP contribution in [0, 0.1) is 0 Å². The molecule has 0 aliphatic carbocycles. The van der Waals surface area contributed by atoms with Gasteiger partial charge in [-0.3, -0.25) is 0 Å². The number of nitrogens with zero attached hydrogens (tertiary/aromatic N) is 3. The lowest BCUT2D eigenvalue weighted by Crippen LogP contribution is -2.42. The van der Waals surface area contributed by atoms with Gasteiger partial charge in [-0.1, -0.05) is 6.92 Å². The van der Waals surface area contributed by atoms with Gasteiger partial charge in [-0.15, -0.1) is 0 Å². The Labute approximate surface area is 103 Å². The van der Waals surface area contributed by atoms with Crippen molar-refractivity contribution in [1.29, 1.82) is 0 Å². The van der Waals surface area contributed by atoms with E-state index < -0.39 is 0 Å². The van der Waals surface area contributed by atoms with Gasteiger partial charge < -0.3 is 19.5 Å². The van der Waals surface area contributed by atoms with E-state index in [-0.39, 0.29) is 6.10 Å². The van der Waals surface area contributed by atoms with Gasteiger partial charge in [-0.2, -0.15) is 0 Å². The topological polar surface area (TPSA) is 42.3 Å². The molecule has 5 nitrogen and oxygen atoms in total. The average Bonchev–Trinajstić information content (AvgIpc) is 2.74. The van der Waals surface area contributed by atoms with Crippen LogP contribution in [0.2, 0.25) is 0 Å². The van der Waals surface area contributed by atoms with Crippen LogP contribution in [-0.2, 0) is 11.3 Å². The SMILES string of the molecule is CCCNc1nccn1CC1CN(C)CCO1. The first-order valence-electron chi connectivity index (χ1n) is 6.34. The largest absolute Gasteiger partial charge is 0.374 e. The summed E-state index contributed by atoms with van der Waals surface area (Å²) in [7, 11) is 2.14. The third-order valence-electron chi connectivity index (χ3n) is 2.99. The van der Waals surface area contributed by atoms with Crippen molar-refractivity contribution in [3.05, 3.63) is 12.4 Å². The summed E-state index contributed by atoms with van der Waals surface area (Å²) in [5, 5.41) is 3.33. The van der Waals surface area contributed by atoms with Crippen LogP contribution in [0.25, 0.3) is 0 Å². The van der Waals surface area contributed by atoms with Crippen molar-refractivity contribution in [3.63, 3.8) is 0 Å². The van der Waals surface area contributed by atoms with Gasteiger partial charge in [-0.25, -0.2) is 4.98 Å². The second-order valence-electron chi connectivity index (χ2n) is 4.59. The van der Waals surface area contributed by atoms with Gasteiger partial charge in [0.05, 0.1) is 19.3 Å². The molecule has 1 N–H and O–H groups in total. The monoisotopic (exact) mass is 238 g/mol. The molecule has 1 saturated heterocycles. The highest BCUT2D eigenvalue weighted by Gasteiger charge is 2.18. The number of imidazole rings is 1. The van der Waals surface area contributed by atoms with Gasteiger partial charge in [0.15, 0.2) is 0 Å². The summed E-state index contributed by atoms with van der Waals surface area (Å²) in [4.78, 5) is 6.63. The first-order chi connectivity index (χ1) is 8.29. The summed E-state index contributed by atoms with van der Waals surface area (Å²) in [6.07, 6.45) is 5.22. The van der Waals surface area contributed by atoms with E-state index in [4.69, 9.17) is 4.74 Å². The molecule has 1 aromatic heterocycles. The van der Waals surface area contributed by atoms with Crippen LogP contribution in [-0.4, -0.2) is 53.8 Å². The fraction of sp³-hybridized carbons (Fsp3) is 0.750. The Hall–Kier alpha value is -1.07. The predicted molar refractivity (Wildman–Crippen MR) is 68.2 cm³/mol. The second kappa shape index (κ2) is 6.02. The molecular formula is C12H22N4O. The summed E-state index contributed by atoms with van der Waals surface area (Å²) >= 11 is 0. The van der Waals surface area contributed by atoms with E-state index in [1.807, 2.05) is 12.4 Å². The fourth-order valence-electron chi connectivity index (χ4n) is 2.06. The first kappa shape index (κ1) is 12.4. The zero-order valence-corrected chi connectivity index (χ0v) is 10.7. The Kier molecular flexibility index (Phi) is 4.39. The molecule has 1 unspecified atom stereocenters. The van der Waals surface area contributed by atoms with Gasteiger partial charge in [0.1, 0.15) is 0 Å². The van der Waals surface area contributed by atoms with Crippen LogP contribution in [0.1, 0.15) is 13.3 Å². The van der Waals surface area contributed by atoms with Gasteiger partial charge in [0.2, 0.25) is 5.95 Å². The van der Waals surface area contributed by atoms with Crippen LogP contribution in [0.4, 0.5) is 5.95 Å². The molecule has 2 rings (SSSR count). The van der Waals surface area contributed by atoms with E-state index in [0.29, 0.717) is 0 Å². The number of rotatable bonds is 5. The highest BCUT2D eigenvalue weighted by atomic mass is 16.5. The predicted octanol–water partition coefficient (Wildman–Crippen LogP) is 1.04. The number of likely N-dealkylation sites (N-methyl/N-ethyl adjacent to an activating group) is 1. The van der Waals surface area contributed by atoms with Gasteiger partial charge in [0.25, 0.3) is 0 Å². The number of nitrogens with one attached hydrogen (secondary N) is 1. The lowest BCUT2D eigenvalue weighted by atomic mass is 10.3. The Morgan fingerprint density at radius 1 is 1.59 bits per heavy atom. The van der Waals surface area contributed by atoms with E-state index in [1.165, 1.54) is 0 Å².